The molecule has 0 saturated heterocycles. The number of aromatic nitrogens is 5. The number of methoxy groups -OCH3 is 1. The number of nitrogen functional groups attached to an aromatic ring is 1. The average molecular weight is 596 g/mol. The van der Waals surface area contributed by atoms with Gasteiger partial charge in [0.25, 0.3) is 5.56 Å². The molecular weight excluding hydrogens is 563 g/mol. The lowest BCUT2D eigenvalue weighted by Crippen LogP contribution is -2.34. The molecule has 226 valence electrons. The summed E-state index contributed by atoms with van der Waals surface area (Å²) in [7, 11) is 3.03. The number of nitrogens with zero attached hydrogens (tertiary/aromatic N) is 6. The molecule has 5 rings (SSSR count). The van der Waals surface area contributed by atoms with Crippen LogP contribution in [-0.2, 0) is 31.9 Å². The number of alkyl halides is 3. The van der Waals surface area contributed by atoms with Crippen LogP contribution in [0.5, 0.6) is 5.88 Å². The van der Waals surface area contributed by atoms with Gasteiger partial charge in [-0.05, 0) is 38.3 Å². The zero-order valence-electron chi connectivity index (χ0n) is 24.2. The average Bonchev–Trinajstić information content (AvgIpc) is 3.71. The van der Waals surface area contributed by atoms with E-state index < -0.39 is 23.0 Å². The van der Waals surface area contributed by atoms with Crippen molar-refractivity contribution in [3.63, 3.8) is 0 Å². The summed E-state index contributed by atoms with van der Waals surface area (Å²) >= 11 is 0. The second-order valence-corrected chi connectivity index (χ2v) is 11.1. The van der Waals surface area contributed by atoms with E-state index in [9.17, 15) is 23.1 Å². The van der Waals surface area contributed by atoms with E-state index in [1.54, 1.807) is 37.6 Å². The van der Waals surface area contributed by atoms with Crippen molar-refractivity contribution in [1.29, 1.82) is 0 Å². The van der Waals surface area contributed by atoms with Crippen LogP contribution < -0.4 is 16.0 Å². The third kappa shape index (κ3) is 6.31. The van der Waals surface area contributed by atoms with Gasteiger partial charge in [-0.3, -0.25) is 14.4 Å². The van der Waals surface area contributed by atoms with Gasteiger partial charge in [0.05, 0.1) is 37.1 Å². The maximum absolute atomic E-state index is 13.5. The number of halogens is 3. The fourth-order valence-electron chi connectivity index (χ4n) is 4.89. The normalized spacial score (nSPS) is 14.0. The first kappa shape index (κ1) is 30.0. The number of rotatable bonds is 9. The molecule has 13 heteroatoms. The van der Waals surface area contributed by atoms with Gasteiger partial charge in [-0.2, -0.15) is 13.2 Å². The molecule has 43 heavy (non-hydrogen) atoms. The smallest absolute Gasteiger partial charge is 0.434 e. The number of ether oxygens (including phenoxy) is 1. The van der Waals surface area contributed by atoms with Crippen molar-refractivity contribution in [1.82, 2.24) is 24.1 Å². The van der Waals surface area contributed by atoms with Gasteiger partial charge in [0.1, 0.15) is 18.0 Å². The van der Waals surface area contributed by atoms with Crippen molar-refractivity contribution >= 4 is 12.0 Å². The lowest BCUT2D eigenvalue weighted by atomic mass is 9.98. The number of aryl methyl sites for hydroxylation is 1. The maximum atomic E-state index is 13.5. The summed E-state index contributed by atoms with van der Waals surface area (Å²) < 4.78 is 47.4. The number of imidazole rings is 1. The monoisotopic (exact) mass is 595 g/mol. The fraction of sp³-hybridized carbons (Fsp3) is 0.367. The van der Waals surface area contributed by atoms with E-state index >= 15 is 0 Å². The lowest BCUT2D eigenvalue weighted by Gasteiger charge is -2.21. The quantitative estimate of drug-likeness (QED) is 0.274. The molecule has 4 aromatic rings. The summed E-state index contributed by atoms with van der Waals surface area (Å²) in [6, 6.07) is 8.17. The number of aliphatic hydroxyl groups is 1. The number of hydrogen-bond acceptors (Lipinski definition) is 8. The van der Waals surface area contributed by atoms with E-state index in [0.717, 1.165) is 30.3 Å². The maximum Gasteiger partial charge on any atom is 0.434 e. The second kappa shape index (κ2) is 11.3. The third-order valence-electron chi connectivity index (χ3n) is 7.32. The highest BCUT2D eigenvalue weighted by Gasteiger charge is 2.34. The molecule has 0 spiro atoms. The van der Waals surface area contributed by atoms with E-state index in [0.29, 0.717) is 28.5 Å². The van der Waals surface area contributed by atoms with Crippen molar-refractivity contribution < 1.29 is 23.0 Å². The molecule has 0 bridgehead atoms. The standard InChI is InChI=1S/C30H32F3N7O3/c1-29(2,42)22-11-20(12-35-13-21-24(18-9-10-18)36-16-37-27(21)43-4)25(34)40(28(22)41)14-17-5-7-19(8-6-17)26-38-23(15-39(26)3)30(31,32)33/h5-8,11-12,15-16,18,42H,9-10,13-14,34H2,1-4H3. The molecule has 10 nitrogen and oxygen atoms in total. The van der Waals surface area contributed by atoms with E-state index in [-0.39, 0.29) is 30.3 Å². The van der Waals surface area contributed by atoms with Crippen molar-refractivity contribution in [3.05, 3.63) is 86.9 Å². The summed E-state index contributed by atoms with van der Waals surface area (Å²) in [5.41, 5.74) is 6.95. The van der Waals surface area contributed by atoms with Crippen molar-refractivity contribution in [2.75, 3.05) is 12.8 Å². The Morgan fingerprint density at radius 2 is 1.88 bits per heavy atom. The van der Waals surface area contributed by atoms with Gasteiger partial charge in [-0.15, -0.1) is 0 Å². The van der Waals surface area contributed by atoms with Gasteiger partial charge in [-0.25, -0.2) is 15.0 Å². The molecule has 0 amide bonds. The Kier molecular flexibility index (Phi) is 7.86. The Labute approximate surface area is 245 Å². The Balaban J connectivity index is 1.46. The summed E-state index contributed by atoms with van der Waals surface area (Å²) in [4.78, 5) is 30.4. The third-order valence-corrected chi connectivity index (χ3v) is 7.32. The molecule has 0 radical (unpaired) electrons. The van der Waals surface area contributed by atoms with Crippen LogP contribution in [-0.4, -0.2) is 42.5 Å². The van der Waals surface area contributed by atoms with Gasteiger partial charge >= 0.3 is 6.18 Å². The SMILES string of the molecule is COc1ncnc(C2CC2)c1CN=Cc1cc(C(C)(C)O)c(=O)n(Cc2ccc(-c3nc(C(F)(F)F)cn3C)cc2)c1N. The van der Waals surface area contributed by atoms with Crippen molar-refractivity contribution in [3.8, 4) is 17.3 Å². The van der Waals surface area contributed by atoms with Crippen LogP contribution >= 0.6 is 0 Å². The zero-order chi connectivity index (χ0) is 31.1. The summed E-state index contributed by atoms with van der Waals surface area (Å²) in [5.74, 6) is 1.10. The number of hydrogen-bond donors (Lipinski definition) is 2. The minimum absolute atomic E-state index is 0.0518. The van der Waals surface area contributed by atoms with Gasteiger partial charge in [0.2, 0.25) is 5.88 Å². The first-order valence-corrected chi connectivity index (χ1v) is 13.6. The Bertz CT molecular complexity index is 1730. The van der Waals surface area contributed by atoms with Crippen LogP contribution in [0.15, 0.2) is 52.6 Å². The molecule has 1 saturated carbocycles. The predicted octanol–water partition coefficient (Wildman–Crippen LogP) is 4.42. The van der Waals surface area contributed by atoms with Gasteiger partial charge in [0, 0.05) is 42.1 Å². The number of anilines is 1. The van der Waals surface area contributed by atoms with Gasteiger partial charge in [0.15, 0.2) is 5.69 Å². The van der Waals surface area contributed by atoms with Crippen LogP contribution in [0.3, 0.4) is 0 Å². The van der Waals surface area contributed by atoms with Crippen LogP contribution in [0.4, 0.5) is 19.0 Å². The van der Waals surface area contributed by atoms with Crippen LogP contribution in [0.2, 0.25) is 0 Å². The van der Waals surface area contributed by atoms with Crippen molar-refractivity contribution in [2.45, 2.75) is 57.5 Å². The minimum atomic E-state index is -4.55. The van der Waals surface area contributed by atoms with E-state index in [4.69, 9.17) is 10.5 Å². The Morgan fingerprint density at radius 1 is 1.19 bits per heavy atom. The van der Waals surface area contributed by atoms with E-state index in [1.807, 2.05) is 0 Å². The highest BCUT2D eigenvalue weighted by atomic mass is 19.4. The number of benzene rings is 1. The van der Waals surface area contributed by atoms with Crippen LogP contribution in [0.25, 0.3) is 11.4 Å². The van der Waals surface area contributed by atoms with E-state index in [2.05, 4.69) is 19.9 Å². The molecule has 3 heterocycles. The largest absolute Gasteiger partial charge is 0.481 e. The molecule has 0 atom stereocenters. The molecule has 1 aliphatic carbocycles. The molecule has 1 aliphatic rings. The van der Waals surface area contributed by atoms with Crippen LogP contribution in [0, 0.1) is 0 Å². The summed E-state index contributed by atoms with van der Waals surface area (Å²) in [5, 5.41) is 10.8. The molecule has 3 N–H and O–H groups in total. The summed E-state index contributed by atoms with van der Waals surface area (Å²) in [6.07, 6.45) is 1.49. The Hall–Kier alpha value is -4.52. The highest BCUT2D eigenvalue weighted by molar-refractivity contribution is 5.86. The molecule has 3 aromatic heterocycles. The fourth-order valence-corrected chi connectivity index (χ4v) is 4.89. The first-order valence-electron chi connectivity index (χ1n) is 13.6. The highest BCUT2D eigenvalue weighted by Crippen LogP contribution is 2.42. The van der Waals surface area contributed by atoms with Gasteiger partial charge < -0.3 is 20.1 Å². The number of aliphatic imine (C=N–C) groups is 1. The van der Waals surface area contributed by atoms with Crippen LogP contribution in [0.1, 0.15) is 66.2 Å². The summed E-state index contributed by atoms with van der Waals surface area (Å²) in [6.45, 7) is 3.31. The predicted molar refractivity (Wildman–Crippen MR) is 155 cm³/mol. The first-order chi connectivity index (χ1) is 20.3. The zero-order valence-corrected chi connectivity index (χ0v) is 24.2. The second-order valence-electron chi connectivity index (χ2n) is 11.1. The molecular formula is C30H32F3N7O3. The van der Waals surface area contributed by atoms with Crippen molar-refractivity contribution in [2.24, 2.45) is 12.0 Å². The molecule has 1 aromatic carbocycles. The molecule has 0 unspecified atom stereocenters. The van der Waals surface area contributed by atoms with E-state index in [1.165, 1.54) is 42.4 Å². The Morgan fingerprint density at radius 3 is 2.47 bits per heavy atom. The minimum Gasteiger partial charge on any atom is -0.481 e. The number of pyridine rings is 1. The topological polar surface area (TPSA) is 133 Å². The lowest BCUT2D eigenvalue weighted by molar-refractivity contribution is -0.140. The number of nitrogens with two attached hydrogens (primary N) is 1. The molecule has 0 aliphatic heterocycles. The van der Waals surface area contributed by atoms with Gasteiger partial charge in [-0.1, -0.05) is 24.3 Å². The molecule has 1 fully saturated rings.